The molecule has 2 rings (SSSR count). The molecular weight excluding hydrogens is 261 g/mol. The first-order chi connectivity index (χ1) is 9.61. The predicted molar refractivity (Wildman–Crippen MR) is 74.1 cm³/mol. The van der Waals surface area contributed by atoms with Crippen molar-refractivity contribution in [3.8, 4) is 0 Å². The molecule has 0 radical (unpaired) electrons. The number of nitrogens with two attached hydrogens (primary N) is 1. The highest BCUT2D eigenvalue weighted by Crippen LogP contribution is 2.04. The maximum atomic E-state index is 13.1. The van der Waals surface area contributed by atoms with E-state index in [4.69, 9.17) is 5.73 Å². The van der Waals surface area contributed by atoms with Gasteiger partial charge in [0.15, 0.2) is 0 Å². The molecule has 1 heterocycles. The molecule has 0 aliphatic rings. The Balaban J connectivity index is 2.33. The molecule has 0 unspecified atom stereocenters. The molecule has 106 valence electrons. The fourth-order valence-corrected chi connectivity index (χ4v) is 1.96. The Morgan fingerprint density at radius 2 is 2.00 bits per heavy atom. The van der Waals surface area contributed by atoms with Gasteiger partial charge in [0.2, 0.25) is 0 Å². The Morgan fingerprint density at radius 1 is 1.20 bits per heavy atom. The highest BCUT2D eigenvalue weighted by atomic mass is 19.1. The van der Waals surface area contributed by atoms with E-state index >= 15 is 0 Å². The first kappa shape index (κ1) is 14.2. The lowest BCUT2D eigenvalue weighted by Crippen LogP contribution is -2.39. The third-order valence-electron chi connectivity index (χ3n) is 2.97. The third-order valence-corrected chi connectivity index (χ3v) is 2.97. The molecule has 1 aromatic heterocycles. The number of nitrogens with zero attached hydrogens (tertiary/aromatic N) is 2. The van der Waals surface area contributed by atoms with Crippen LogP contribution in [-0.2, 0) is 13.1 Å². The van der Waals surface area contributed by atoms with E-state index < -0.39 is 5.69 Å². The van der Waals surface area contributed by atoms with Crippen molar-refractivity contribution in [3.05, 3.63) is 68.7 Å². The minimum Gasteiger partial charge on any atom is -0.330 e. The molecule has 0 aliphatic heterocycles. The zero-order valence-corrected chi connectivity index (χ0v) is 11.0. The quantitative estimate of drug-likeness (QED) is 0.867. The second-order valence-corrected chi connectivity index (χ2v) is 4.49. The van der Waals surface area contributed by atoms with E-state index in [0.29, 0.717) is 18.5 Å². The summed E-state index contributed by atoms with van der Waals surface area (Å²) in [6.45, 7) is 0.919. The summed E-state index contributed by atoms with van der Waals surface area (Å²) in [4.78, 5) is 23.8. The Morgan fingerprint density at radius 3 is 2.70 bits per heavy atom. The van der Waals surface area contributed by atoms with Crippen LogP contribution < -0.4 is 17.0 Å². The molecule has 20 heavy (non-hydrogen) atoms. The summed E-state index contributed by atoms with van der Waals surface area (Å²) in [6.07, 6.45) is 1.98. The van der Waals surface area contributed by atoms with Crippen LogP contribution in [-0.4, -0.2) is 15.7 Å². The summed E-state index contributed by atoms with van der Waals surface area (Å²) in [5, 5.41) is 0. The van der Waals surface area contributed by atoms with Crippen molar-refractivity contribution in [2.75, 3.05) is 6.54 Å². The lowest BCUT2D eigenvalue weighted by molar-refractivity contribution is 0.553. The number of benzene rings is 1. The maximum absolute atomic E-state index is 13.1. The zero-order chi connectivity index (χ0) is 14.5. The minimum absolute atomic E-state index is 0.222. The van der Waals surface area contributed by atoms with Gasteiger partial charge in [-0.15, -0.1) is 0 Å². The van der Waals surface area contributed by atoms with Crippen molar-refractivity contribution in [2.45, 2.75) is 19.5 Å². The van der Waals surface area contributed by atoms with E-state index in [0.717, 1.165) is 4.57 Å². The Labute approximate surface area is 115 Å². The monoisotopic (exact) mass is 277 g/mol. The van der Waals surface area contributed by atoms with Crippen LogP contribution in [0.4, 0.5) is 4.39 Å². The van der Waals surface area contributed by atoms with E-state index in [1.165, 1.54) is 29.0 Å². The fourth-order valence-electron chi connectivity index (χ4n) is 1.96. The SMILES string of the molecule is NCCCn1c(=O)ccn(Cc2cccc(F)c2)c1=O. The molecule has 0 saturated carbocycles. The van der Waals surface area contributed by atoms with Gasteiger partial charge in [-0.3, -0.25) is 13.9 Å². The molecule has 2 aromatic rings. The van der Waals surface area contributed by atoms with E-state index in [1.807, 2.05) is 0 Å². The lowest BCUT2D eigenvalue weighted by atomic mass is 10.2. The summed E-state index contributed by atoms with van der Waals surface area (Å²) >= 11 is 0. The Kier molecular flexibility index (Phi) is 4.47. The molecule has 0 fully saturated rings. The summed E-state index contributed by atoms with van der Waals surface area (Å²) in [6, 6.07) is 7.35. The topological polar surface area (TPSA) is 70.0 Å². The van der Waals surface area contributed by atoms with Gasteiger partial charge in [-0.25, -0.2) is 9.18 Å². The van der Waals surface area contributed by atoms with Crippen LogP contribution in [0.25, 0.3) is 0 Å². The van der Waals surface area contributed by atoms with Gasteiger partial charge in [0.1, 0.15) is 5.82 Å². The highest BCUT2D eigenvalue weighted by Gasteiger charge is 2.05. The number of hydrogen-bond donors (Lipinski definition) is 1. The average Bonchev–Trinajstić information content (AvgIpc) is 2.42. The minimum atomic E-state index is -0.407. The molecule has 0 spiro atoms. The molecule has 0 saturated heterocycles. The second-order valence-electron chi connectivity index (χ2n) is 4.49. The van der Waals surface area contributed by atoms with Gasteiger partial charge in [0.05, 0.1) is 6.54 Å². The van der Waals surface area contributed by atoms with Crippen molar-refractivity contribution in [1.82, 2.24) is 9.13 Å². The summed E-state index contributed by atoms with van der Waals surface area (Å²) in [5.74, 6) is -0.355. The first-order valence-corrected chi connectivity index (χ1v) is 6.36. The zero-order valence-electron chi connectivity index (χ0n) is 11.0. The lowest BCUT2D eigenvalue weighted by Gasteiger charge is -2.09. The maximum Gasteiger partial charge on any atom is 0.331 e. The molecule has 0 atom stereocenters. The van der Waals surface area contributed by atoms with Crippen molar-refractivity contribution in [3.63, 3.8) is 0 Å². The highest BCUT2D eigenvalue weighted by molar-refractivity contribution is 5.16. The summed E-state index contributed by atoms with van der Waals surface area (Å²) in [7, 11) is 0. The van der Waals surface area contributed by atoms with Gasteiger partial charge in [-0.05, 0) is 30.7 Å². The average molecular weight is 277 g/mol. The van der Waals surface area contributed by atoms with Crippen molar-refractivity contribution in [1.29, 1.82) is 0 Å². The van der Waals surface area contributed by atoms with Gasteiger partial charge >= 0.3 is 5.69 Å². The normalized spacial score (nSPS) is 10.7. The molecule has 5 nitrogen and oxygen atoms in total. The smallest absolute Gasteiger partial charge is 0.330 e. The van der Waals surface area contributed by atoms with Gasteiger partial charge in [-0.1, -0.05) is 12.1 Å². The summed E-state index contributed by atoms with van der Waals surface area (Å²) < 4.78 is 15.7. The van der Waals surface area contributed by atoms with Crippen LogP contribution in [0.3, 0.4) is 0 Å². The van der Waals surface area contributed by atoms with E-state index in [2.05, 4.69) is 0 Å². The largest absolute Gasteiger partial charge is 0.331 e. The van der Waals surface area contributed by atoms with Crippen molar-refractivity contribution in [2.24, 2.45) is 5.73 Å². The van der Waals surface area contributed by atoms with Gasteiger partial charge < -0.3 is 5.73 Å². The molecule has 2 N–H and O–H groups in total. The molecule has 0 bridgehead atoms. The van der Waals surface area contributed by atoms with Crippen LogP contribution in [0.2, 0.25) is 0 Å². The van der Waals surface area contributed by atoms with Gasteiger partial charge in [-0.2, -0.15) is 0 Å². The molecule has 6 heteroatoms. The third kappa shape index (κ3) is 3.21. The van der Waals surface area contributed by atoms with Crippen LogP contribution >= 0.6 is 0 Å². The van der Waals surface area contributed by atoms with E-state index in [1.54, 1.807) is 12.1 Å². The predicted octanol–water partition coefficient (Wildman–Crippen LogP) is 0.546. The number of hydrogen-bond acceptors (Lipinski definition) is 3. The van der Waals surface area contributed by atoms with E-state index in [9.17, 15) is 14.0 Å². The molecular formula is C14H16FN3O2. The number of rotatable bonds is 5. The molecule has 0 amide bonds. The first-order valence-electron chi connectivity index (χ1n) is 6.36. The van der Waals surface area contributed by atoms with E-state index in [-0.39, 0.29) is 24.5 Å². The molecule has 0 aliphatic carbocycles. The van der Waals surface area contributed by atoms with Gasteiger partial charge in [0.25, 0.3) is 5.56 Å². The summed E-state index contributed by atoms with van der Waals surface area (Å²) in [5.41, 5.74) is 5.30. The van der Waals surface area contributed by atoms with Crippen LogP contribution in [0, 0.1) is 5.82 Å². The van der Waals surface area contributed by atoms with Crippen molar-refractivity contribution >= 4 is 0 Å². The van der Waals surface area contributed by atoms with Gasteiger partial charge in [0, 0.05) is 18.8 Å². The fraction of sp³-hybridized carbons (Fsp3) is 0.286. The van der Waals surface area contributed by atoms with Crippen LogP contribution in [0.1, 0.15) is 12.0 Å². The Hall–Kier alpha value is -2.21. The second kappa shape index (κ2) is 6.29. The number of aromatic nitrogens is 2. The molecule has 1 aromatic carbocycles. The van der Waals surface area contributed by atoms with Crippen LogP contribution in [0.15, 0.2) is 46.1 Å². The Bertz CT molecular complexity index is 706. The van der Waals surface area contributed by atoms with Crippen molar-refractivity contribution < 1.29 is 4.39 Å². The standard InChI is InChI=1S/C14H16FN3O2/c15-12-4-1-3-11(9-12)10-17-8-5-13(19)18(14(17)20)7-2-6-16/h1,3-5,8-9H,2,6-7,10,16H2. The van der Waals surface area contributed by atoms with Crippen LogP contribution in [0.5, 0.6) is 0 Å². The number of halogens is 1.